The maximum Gasteiger partial charge on any atom is 0.244 e. The Balaban J connectivity index is 1.87. The van der Waals surface area contributed by atoms with Crippen LogP contribution in [0.25, 0.3) is 6.08 Å². The van der Waals surface area contributed by atoms with Crippen LogP contribution in [0.5, 0.6) is 0 Å². The van der Waals surface area contributed by atoms with Crippen LogP contribution in [0.1, 0.15) is 18.9 Å². The van der Waals surface area contributed by atoms with Crippen LogP contribution in [-0.4, -0.2) is 50.0 Å². The van der Waals surface area contributed by atoms with Crippen LogP contribution < -0.4 is 10.2 Å². The summed E-state index contributed by atoms with van der Waals surface area (Å²) in [4.78, 5) is 14.0. The van der Waals surface area contributed by atoms with Gasteiger partial charge in [0.15, 0.2) is 0 Å². The van der Waals surface area contributed by atoms with E-state index in [2.05, 4.69) is 22.3 Å². The van der Waals surface area contributed by atoms with E-state index >= 15 is 0 Å². The molecule has 0 saturated carbocycles. The van der Waals surface area contributed by atoms with E-state index in [9.17, 15) is 4.79 Å². The van der Waals surface area contributed by atoms with E-state index in [0.717, 1.165) is 31.9 Å². The first kappa shape index (κ1) is 16.5. The predicted molar refractivity (Wildman–Crippen MR) is 87.8 cm³/mol. The molecule has 1 atom stereocenters. The van der Waals surface area contributed by atoms with Gasteiger partial charge in [-0.2, -0.15) is 0 Å². The average molecular weight is 304 g/mol. The first-order chi connectivity index (χ1) is 10.7. The largest absolute Gasteiger partial charge is 0.396 e. The molecule has 120 valence electrons. The van der Waals surface area contributed by atoms with Crippen LogP contribution in [0.3, 0.4) is 0 Å². The summed E-state index contributed by atoms with van der Waals surface area (Å²) in [6.45, 7) is 5.33. The Morgan fingerprint density at radius 2 is 2.05 bits per heavy atom. The third-order valence-electron chi connectivity index (χ3n) is 3.65. The molecule has 0 aliphatic carbocycles. The third kappa shape index (κ3) is 5.16. The van der Waals surface area contributed by atoms with Crippen molar-refractivity contribution in [2.45, 2.75) is 19.4 Å². The fourth-order valence-electron chi connectivity index (χ4n) is 2.35. The summed E-state index contributed by atoms with van der Waals surface area (Å²) in [6, 6.07) is 8.12. The summed E-state index contributed by atoms with van der Waals surface area (Å²) in [5.41, 5.74) is 2.17. The Hall–Kier alpha value is -1.85. The van der Waals surface area contributed by atoms with Gasteiger partial charge in [-0.15, -0.1) is 0 Å². The molecular formula is C17H24N2O3. The smallest absolute Gasteiger partial charge is 0.244 e. The van der Waals surface area contributed by atoms with Crippen LogP contribution in [0.4, 0.5) is 5.69 Å². The van der Waals surface area contributed by atoms with Gasteiger partial charge in [-0.3, -0.25) is 4.79 Å². The van der Waals surface area contributed by atoms with Crippen molar-refractivity contribution in [3.8, 4) is 0 Å². The van der Waals surface area contributed by atoms with Gasteiger partial charge in [0.25, 0.3) is 0 Å². The first-order valence-electron chi connectivity index (χ1n) is 7.71. The molecule has 5 heteroatoms. The van der Waals surface area contributed by atoms with Gasteiger partial charge < -0.3 is 20.1 Å². The summed E-state index contributed by atoms with van der Waals surface area (Å²) in [6.07, 6.45) is 3.88. The Bertz CT molecular complexity index is 493. The number of hydrogen-bond acceptors (Lipinski definition) is 4. The molecule has 1 amide bonds. The van der Waals surface area contributed by atoms with E-state index in [1.54, 1.807) is 6.08 Å². The van der Waals surface area contributed by atoms with Crippen molar-refractivity contribution in [3.63, 3.8) is 0 Å². The number of amides is 1. The van der Waals surface area contributed by atoms with Gasteiger partial charge in [0.05, 0.1) is 13.2 Å². The number of nitrogens with one attached hydrogen (secondary N) is 1. The van der Waals surface area contributed by atoms with Crippen LogP contribution in [0.2, 0.25) is 0 Å². The number of hydrogen-bond donors (Lipinski definition) is 2. The van der Waals surface area contributed by atoms with Gasteiger partial charge in [-0.1, -0.05) is 12.1 Å². The molecule has 2 rings (SSSR count). The number of benzene rings is 1. The minimum atomic E-state index is -0.141. The Kier molecular flexibility index (Phi) is 6.43. The van der Waals surface area contributed by atoms with E-state index in [-0.39, 0.29) is 18.6 Å². The average Bonchev–Trinajstić information content (AvgIpc) is 2.54. The molecule has 0 radical (unpaired) electrons. The highest BCUT2D eigenvalue weighted by Gasteiger charge is 2.10. The lowest BCUT2D eigenvalue weighted by atomic mass is 10.1. The second kappa shape index (κ2) is 8.56. The van der Waals surface area contributed by atoms with Gasteiger partial charge in [0, 0.05) is 37.5 Å². The molecule has 1 unspecified atom stereocenters. The third-order valence-corrected chi connectivity index (χ3v) is 3.65. The second-order valence-corrected chi connectivity index (χ2v) is 5.45. The molecule has 0 aromatic heterocycles. The summed E-state index contributed by atoms with van der Waals surface area (Å²) in [7, 11) is 0. The summed E-state index contributed by atoms with van der Waals surface area (Å²) < 4.78 is 5.35. The molecule has 2 N–H and O–H groups in total. The van der Waals surface area contributed by atoms with E-state index in [1.807, 2.05) is 19.1 Å². The lowest BCUT2D eigenvalue weighted by Gasteiger charge is -2.28. The molecule has 0 spiro atoms. The summed E-state index contributed by atoms with van der Waals surface area (Å²) in [5.74, 6) is -0.141. The highest BCUT2D eigenvalue weighted by Crippen LogP contribution is 2.17. The number of carbonyl (C=O) groups is 1. The van der Waals surface area contributed by atoms with Gasteiger partial charge in [-0.25, -0.2) is 0 Å². The van der Waals surface area contributed by atoms with E-state index in [0.29, 0.717) is 6.42 Å². The Morgan fingerprint density at radius 1 is 1.36 bits per heavy atom. The maximum atomic E-state index is 11.7. The Labute approximate surface area is 131 Å². The van der Waals surface area contributed by atoms with Crippen molar-refractivity contribution >= 4 is 17.7 Å². The summed E-state index contributed by atoms with van der Waals surface area (Å²) >= 11 is 0. The van der Waals surface area contributed by atoms with Crippen molar-refractivity contribution in [3.05, 3.63) is 35.9 Å². The molecule has 0 bridgehead atoms. The highest BCUT2D eigenvalue weighted by molar-refractivity contribution is 5.91. The molecule has 1 fully saturated rings. The maximum absolute atomic E-state index is 11.7. The summed E-state index contributed by atoms with van der Waals surface area (Å²) in [5, 5.41) is 11.6. The molecule has 1 aromatic carbocycles. The lowest BCUT2D eigenvalue weighted by molar-refractivity contribution is -0.117. The molecule has 22 heavy (non-hydrogen) atoms. The molecule has 1 aliphatic rings. The fourth-order valence-corrected chi connectivity index (χ4v) is 2.35. The van der Waals surface area contributed by atoms with Crippen molar-refractivity contribution in [2.75, 3.05) is 37.8 Å². The van der Waals surface area contributed by atoms with E-state index in [4.69, 9.17) is 9.84 Å². The van der Waals surface area contributed by atoms with Crippen molar-refractivity contribution in [1.29, 1.82) is 0 Å². The van der Waals surface area contributed by atoms with Crippen LogP contribution in [0.15, 0.2) is 30.3 Å². The SMILES string of the molecule is CC(CCO)NC(=O)/C=C/c1ccc(N2CCOCC2)cc1. The zero-order valence-corrected chi connectivity index (χ0v) is 13.0. The van der Waals surface area contributed by atoms with Gasteiger partial charge >= 0.3 is 0 Å². The number of nitrogens with zero attached hydrogens (tertiary/aromatic N) is 1. The number of carbonyl (C=O) groups excluding carboxylic acids is 1. The van der Waals surface area contributed by atoms with Gasteiger partial charge in [-0.05, 0) is 37.1 Å². The predicted octanol–water partition coefficient (Wildman–Crippen LogP) is 1.42. The number of anilines is 1. The van der Waals surface area contributed by atoms with Gasteiger partial charge in [0.2, 0.25) is 5.91 Å². The number of ether oxygens (including phenoxy) is 1. The minimum absolute atomic E-state index is 0.0224. The molecular weight excluding hydrogens is 280 g/mol. The standard InChI is InChI=1S/C17H24N2O3/c1-14(8-11-20)18-17(21)7-4-15-2-5-16(6-3-15)19-9-12-22-13-10-19/h2-7,14,20H,8-13H2,1H3,(H,18,21)/b7-4+. The van der Waals surface area contributed by atoms with Crippen LogP contribution in [-0.2, 0) is 9.53 Å². The zero-order valence-electron chi connectivity index (χ0n) is 13.0. The fraction of sp³-hybridized carbons (Fsp3) is 0.471. The number of morpholine rings is 1. The van der Waals surface area contributed by atoms with Crippen LogP contribution >= 0.6 is 0 Å². The van der Waals surface area contributed by atoms with Crippen molar-refractivity contribution < 1.29 is 14.6 Å². The number of aliphatic hydroxyl groups is 1. The second-order valence-electron chi connectivity index (χ2n) is 5.45. The molecule has 1 heterocycles. The quantitative estimate of drug-likeness (QED) is 0.780. The molecule has 5 nitrogen and oxygen atoms in total. The normalized spacial score (nSPS) is 16.7. The first-order valence-corrected chi connectivity index (χ1v) is 7.71. The lowest BCUT2D eigenvalue weighted by Crippen LogP contribution is -2.36. The van der Waals surface area contributed by atoms with Crippen molar-refractivity contribution in [2.24, 2.45) is 0 Å². The zero-order chi connectivity index (χ0) is 15.8. The topological polar surface area (TPSA) is 61.8 Å². The monoisotopic (exact) mass is 304 g/mol. The molecule has 1 aromatic rings. The van der Waals surface area contributed by atoms with Gasteiger partial charge in [0.1, 0.15) is 0 Å². The highest BCUT2D eigenvalue weighted by atomic mass is 16.5. The molecule has 1 aliphatic heterocycles. The van der Waals surface area contributed by atoms with Crippen LogP contribution in [0, 0.1) is 0 Å². The molecule has 1 saturated heterocycles. The van der Waals surface area contributed by atoms with E-state index < -0.39 is 0 Å². The minimum Gasteiger partial charge on any atom is -0.396 e. The number of aliphatic hydroxyl groups excluding tert-OH is 1. The van der Waals surface area contributed by atoms with Crippen molar-refractivity contribution in [1.82, 2.24) is 5.32 Å². The van der Waals surface area contributed by atoms with E-state index in [1.165, 1.54) is 11.8 Å². The Morgan fingerprint density at radius 3 is 2.68 bits per heavy atom. The number of rotatable bonds is 6.